The Morgan fingerprint density at radius 1 is 1.11 bits per heavy atom. The normalized spacial score (nSPS) is 14.5. The van der Waals surface area contributed by atoms with E-state index in [4.69, 9.17) is 0 Å². The molecule has 0 radical (unpaired) electrons. The maximum Gasteiger partial charge on any atom is 0.178 e. The highest BCUT2D eigenvalue weighted by atomic mass is 15.0. The molecule has 0 spiro atoms. The lowest BCUT2D eigenvalue weighted by Crippen LogP contribution is -2.23. The van der Waals surface area contributed by atoms with Crippen LogP contribution in [0.4, 0.5) is 0 Å². The summed E-state index contributed by atoms with van der Waals surface area (Å²) in [5.41, 5.74) is 5.69. The van der Waals surface area contributed by atoms with E-state index in [2.05, 4.69) is 38.5 Å². The van der Waals surface area contributed by atoms with Crippen LogP contribution in [0.2, 0.25) is 0 Å². The summed E-state index contributed by atoms with van der Waals surface area (Å²) < 4.78 is 0. The van der Waals surface area contributed by atoms with Crippen molar-refractivity contribution < 1.29 is 0 Å². The first-order chi connectivity index (χ1) is 9.40. The summed E-state index contributed by atoms with van der Waals surface area (Å²) in [5, 5.41) is 3.40. The van der Waals surface area contributed by atoms with Gasteiger partial charge in [0.25, 0.3) is 0 Å². The number of hydrogen-bond acceptors (Lipinski definition) is 3. The van der Waals surface area contributed by atoms with Gasteiger partial charge in [-0.2, -0.15) is 0 Å². The Labute approximate surface area is 110 Å². The van der Waals surface area contributed by atoms with Crippen LogP contribution in [-0.2, 0) is 13.0 Å². The van der Waals surface area contributed by atoms with Gasteiger partial charge in [-0.05, 0) is 42.3 Å². The van der Waals surface area contributed by atoms with Crippen molar-refractivity contribution in [2.75, 3.05) is 6.54 Å². The average molecular weight is 250 g/mol. The fraction of sp³-hybridized carbons (Fsp3) is 0.200. The van der Waals surface area contributed by atoms with Gasteiger partial charge < -0.3 is 10.3 Å². The minimum absolute atomic E-state index is 0.772. The number of aromatic nitrogens is 3. The topological polar surface area (TPSA) is 53.6 Å². The highest BCUT2D eigenvalue weighted by Crippen LogP contribution is 2.23. The van der Waals surface area contributed by atoms with Gasteiger partial charge in [0, 0.05) is 18.3 Å². The number of benzene rings is 1. The Morgan fingerprint density at radius 2 is 2.11 bits per heavy atom. The van der Waals surface area contributed by atoms with Crippen LogP contribution in [-0.4, -0.2) is 21.5 Å². The molecule has 0 aliphatic carbocycles. The molecule has 4 heteroatoms. The van der Waals surface area contributed by atoms with Crippen LogP contribution in [0, 0.1) is 0 Å². The van der Waals surface area contributed by atoms with Crippen LogP contribution >= 0.6 is 0 Å². The number of H-pyrrole nitrogens is 1. The maximum atomic E-state index is 4.54. The molecule has 19 heavy (non-hydrogen) atoms. The average Bonchev–Trinajstić information content (AvgIpc) is 2.90. The molecule has 1 aliphatic rings. The number of nitrogens with zero attached hydrogens (tertiary/aromatic N) is 2. The van der Waals surface area contributed by atoms with Crippen molar-refractivity contribution in [2.45, 2.75) is 13.0 Å². The quantitative estimate of drug-likeness (QED) is 0.696. The van der Waals surface area contributed by atoms with Crippen molar-refractivity contribution in [3.63, 3.8) is 0 Å². The van der Waals surface area contributed by atoms with E-state index in [0.29, 0.717) is 0 Å². The van der Waals surface area contributed by atoms with Crippen LogP contribution in [0.3, 0.4) is 0 Å². The highest BCUT2D eigenvalue weighted by molar-refractivity contribution is 5.75. The van der Waals surface area contributed by atoms with Crippen molar-refractivity contribution in [3.8, 4) is 11.4 Å². The number of nitrogens with one attached hydrogen (secondary N) is 2. The molecule has 4 rings (SSSR count). The smallest absolute Gasteiger partial charge is 0.178 e. The fourth-order valence-corrected chi connectivity index (χ4v) is 2.61. The first kappa shape index (κ1) is 10.7. The maximum absolute atomic E-state index is 4.54. The lowest BCUT2D eigenvalue weighted by Gasteiger charge is -2.17. The third-order valence-corrected chi connectivity index (χ3v) is 3.62. The summed E-state index contributed by atoms with van der Waals surface area (Å²) in [6, 6.07) is 10.5. The van der Waals surface area contributed by atoms with E-state index in [1.807, 2.05) is 12.1 Å². The number of pyridine rings is 1. The molecule has 0 atom stereocenters. The van der Waals surface area contributed by atoms with Gasteiger partial charge in [0.05, 0.1) is 5.52 Å². The van der Waals surface area contributed by atoms with E-state index in [9.17, 15) is 0 Å². The molecule has 3 heterocycles. The van der Waals surface area contributed by atoms with Gasteiger partial charge in [-0.1, -0.05) is 12.1 Å². The van der Waals surface area contributed by atoms with Crippen molar-refractivity contribution in [1.29, 1.82) is 0 Å². The van der Waals surface area contributed by atoms with Gasteiger partial charge in [-0.25, -0.2) is 9.97 Å². The summed E-state index contributed by atoms with van der Waals surface area (Å²) >= 11 is 0. The summed E-state index contributed by atoms with van der Waals surface area (Å²) in [6.07, 6.45) is 2.88. The second kappa shape index (κ2) is 4.17. The molecular weight excluding hydrogens is 236 g/mol. The summed E-state index contributed by atoms with van der Waals surface area (Å²) in [4.78, 5) is 12.1. The number of fused-ring (bicyclic) bond motifs is 2. The summed E-state index contributed by atoms with van der Waals surface area (Å²) in [6.45, 7) is 2.02. The lowest BCUT2D eigenvalue weighted by molar-refractivity contribution is 0.644. The van der Waals surface area contributed by atoms with Gasteiger partial charge >= 0.3 is 0 Å². The van der Waals surface area contributed by atoms with Gasteiger partial charge in [0.15, 0.2) is 5.65 Å². The zero-order valence-electron chi connectivity index (χ0n) is 10.5. The predicted octanol–water partition coefficient (Wildman–Crippen LogP) is 2.27. The molecule has 4 nitrogen and oxygen atoms in total. The second-order valence-electron chi connectivity index (χ2n) is 4.87. The molecule has 3 aromatic rings. The first-order valence-corrected chi connectivity index (χ1v) is 6.54. The van der Waals surface area contributed by atoms with E-state index in [1.165, 1.54) is 11.1 Å². The molecule has 0 amide bonds. The molecule has 94 valence electrons. The molecule has 0 unspecified atom stereocenters. The van der Waals surface area contributed by atoms with Crippen molar-refractivity contribution >= 4 is 11.2 Å². The van der Waals surface area contributed by atoms with Crippen molar-refractivity contribution in [2.24, 2.45) is 0 Å². The van der Waals surface area contributed by atoms with E-state index in [-0.39, 0.29) is 0 Å². The Bertz CT molecular complexity index is 712. The van der Waals surface area contributed by atoms with Gasteiger partial charge in [-0.3, -0.25) is 0 Å². The predicted molar refractivity (Wildman–Crippen MR) is 74.7 cm³/mol. The zero-order valence-corrected chi connectivity index (χ0v) is 10.5. The molecule has 2 aromatic heterocycles. The Hall–Kier alpha value is -2.20. The minimum atomic E-state index is 0.772. The first-order valence-electron chi connectivity index (χ1n) is 6.54. The van der Waals surface area contributed by atoms with Gasteiger partial charge in [-0.15, -0.1) is 0 Å². The lowest BCUT2D eigenvalue weighted by atomic mass is 9.98. The van der Waals surface area contributed by atoms with E-state index in [0.717, 1.165) is 42.1 Å². The molecule has 0 bridgehead atoms. The Balaban J connectivity index is 1.83. The number of imidazole rings is 1. The van der Waals surface area contributed by atoms with Crippen molar-refractivity contribution in [3.05, 3.63) is 47.7 Å². The number of aromatic amines is 1. The van der Waals surface area contributed by atoms with Crippen molar-refractivity contribution in [1.82, 2.24) is 20.3 Å². The monoisotopic (exact) mass is 250 g/mol. The highest BCUT2D eigenvalue weighted by Gasteiger charge is 2.11. The Morgan fingerprint density at radius 3 is 3.05 bits per heavy atom. The van der Waals surface area contributed by atoms with E-state index < -0.39 is 0 Å². The second-order valence-corrected chi connectivity index (χ2v) is 4.87. The van der Waals surface area contributed by atoms with Crippen LogP contribution in [0.25, 0.3) is 22.6 Å². The molecule has 2 N–H and O–H groups in total. The minimum Gasteiger partial charge on any atom is -0.337 e. The molecule has 1 aromatic carbocycles. The van der Waals surface area contributed by atoms with Crippen LogP contribution in [0.15, 0.2) is 36.5 Å². The number of rotatable bonds is 1. The molecule has 0 saturated carbocycles. The molecule has 0 fully saturated rings. The largest absolute Gasteiger partial charge is 0.337 e. The van der Waals surface area contributed by atoms with Gasteiger partial charge in [0.1, 0.15) is 5.82 Å². The third-order valence-electron chi connectivity index (χ3n) is 3.62. The number of hydrogen-bond donors (Lipinski definition) is 2. The van der Waals surface area contributed by atoms with E-state index in [1.54, 1.807) is 6.20 Å². The molecular formula is C15H14N4. The third kappa shape index (κ3) is 1.81. The van der Waals surface area contributed by atoms with Crippen LogP contribution < -0.4 is 5.32 Å². The van der Waals surface area contributed by atoms with E-state index >= 15 is 0 Å². The zero-order chi connectivity index (χ0) is 12.7. The van der Waals surface area contributed by atoms with Crippen LogP contribution in [0.5, 0.6) is 0 Å². The van der Waals surface area contributed by atoms with Crippen LogP contribution in [0.1, 0.15) is 11.1 Å². The summed E-state index contributed by atoms with van der Waals surface area (Å²) in [7, 11) is 0. The standard InChI is InChI=1S/C15H14N4/c1-2-13-15(17-6-1)19-14(18-13)11-4-3-10-5-7-16-9-12(10)8-11/h1-4,6,8,16H,5,7,9H2,(H,17,18,19). The van der Waals surface area contributed by atoms with Gasteiger partial charge in [0.2, 0.25) is 0 Å². The Kier molecular flexibility index (Phi) is 2.35. The fourth-order valence-electron chi connectivity index (χ4n) is 2.61. The molecule has 0 saturated heterocycles. The SMILES string of the molecule is c1cnc2nc(-c3ccc4c(c3)CNCC4)[nH]c2c1. The molecule has 1 aliphatic heterocycles. The summed E-state index contributed by atoms with van der Waals surface area (Å²) in [5.74, 6) is 0.891.